The van der Waals surface area contributed by atoms with Crippen LogP contribution in [0.4, 0.5) is 5.69 Å². The van der Waals surface area contributed by atoms with Crippen molar-refractivity contribution < 1.29 is 14.1 Å². The zero-order chi connectivity index (χ0) is 16.1. The molecule has 0 aliphatic rings. The van der Waals surface area contributed by atoms with Gasteiger partial charge in [-0.2, -0.15) is 16.3 Å². The summed E-state index contributed by atoms with van der Waals surface area (Å²) in [7, 11) is 1.58. The lowest BCUT2D eigenvalue weighted by atomic mass is 10.2. The van der Waals surface area contributed by atoms with Crippen LogP contribution < -0.4 is 10.1 Å². The lowest BCUT2D eigenvalue weighted by molar-refractivity contribution is -0.116. The molecule has 23 heavy (non-hydrogen) atoms. The van der Waals surface area contributed by atoms with E-state index in [1.807, 2.05) is 35.0 Å². The van der Waals surface area contributed by atoms with Gasteiger partial charge in [0.05, 0.1) is 7.11 Å². The molecule has 1 aromatic carbocycles. The van der Waals surface area contributed by atoms with E-state index in [4.69, 9.17) is 9.26 Å². The number of nitrogens with zero attached hydrogens (tertiary/aromatic N) is 2. The van der Waals surface area contributed by atoms with Gasteiger partial charge >= 0.3 is 0 Å². The Morgan fingerprint density at radius 1 is 1.39 bits per heavy atom. The third-order valence-electron chi connectivity index (χ3n) is 3.17. The first kappa shape index (κ1) is 15.2. The number of ether oxygens (including phenoxy) is 1. The number of carbonyl (C=O) groups excluding carboxylic acids is 1. The molecular weight excluding hydrogens is 314 g/mol. The Balaban J connectivity index is 1.54. The van der Waals surface area contributed by atoms with Crippen LogP contribution >= 0.6 is 11.3 Å². The van der Waals surface area contributed by atoms with Crippen molar-refractivity contribution in [1.29, 1.82) is 0 Å². The van der Waals surface area contributed by atoms with E-state index in [9.17, 15) is 4.79 Å². The predicted octanol–water partition coefficient (Wildman–Crippen LogP) is 3.38. The summed E-state index contributed by atoms with van der Waals surface area (Å²) < 4.78 is 10.3. The number of nitrogens with one attached hydrogen (secondary N) is 1. The highest BCUT2D eigenvalue weighted by atomic mass is 32.1. The second-order valence-corrected chi connectivity index (χ2v) is 5.58. The number of aromatic nitrogens is 2. The van der Waals surface area contributed by atoms with Crippen LogP contribution in [0.1, 0.15) is 12.3 Å². The Labute approximate surface area is 137 Å². The topological polar surface area (TPSA) is 77.2 Å². The van der Waals surface area contributed by atoms with E-state index in [0.717, 1.165) is 5.56 Å². The van der Waals surface area contributed by atoms with Crippen molar-refractivity contribution in [2.45, 2.75) is 12.8 Å². The summed E-state index contributed by atoms with van der Waals surface area (Å²) in [5, 5.41) is 10.6. The second-order valence-electron chi connectivity index (χ2n) is 4.80. The molecule has 118 valence electrons. The maximum atomic E-state index is 12.0. The van der Waals surface area contributed by atoms with Gasteiger partial charge in [-0.3, -0.25) is 4.79 Å². The highest BCUT2D eigenvalue weighted by molar-refractivity contribution is 7.08. The van der Waals surface area contributed by atoms with Crippen molar-refractivity contribution in [3.8, 4) is 17.1 Å². The molecule has 0 unspecified atom stereocenters. The first-order valence-electron chi connectivity index (χ1n) is 7.03. The summed E-state index contributed by atoms with van der Waals surface area (Å²) in [6.45, 7) is 0. The van der Waals surface area contributed by atoms with Crippen LogP contribution in [0.15, 0.2) is 45.6 Å². The van der Waals surface area contributed by atoms with Crippen molar-refractivity contribution in [3.63, 3.8) is 0 Å². The second kappa shape index (κ2) is 7.06. The van der Waals surface area contributed by atoms with Crippen LogP contribution in [0.3, 0.4) is 0 Å². The number of amides is 1. The molecule has 2 heterocycles. The molecule has 0 bridgehead atoms. The molecule has 0 atom stereocenters. The molecule has 3 rings (SSSR count). The molecule has 6 nitrogen and oxygen atoms in total. The van der Waals surface area contributed by atoms with Gasteiger partial charge in [0.25, 0.3) is 0 Å². The smallest absolute Gasteiger partial charge is 0.227 e. The van der Waals surface area contributed by atoms with E-state index in [-0.39, 0.29) is 12.3 Å². The molecular formula is C16H15N3O3S. The van der Waals surface area contributed by atoms with Crippen LogP contribution in [0.25, 0.3) is 11.4 Å². The van der Waals surface area contributed by atoms with E-state index in [1.165, 1.54) is 0 Å². The molecule has 0 saturated heterocycles. The van der Waals surface area contributed by atoms with E-state index in [0.29, 0.717) is 29.6 Å². The monoisotopic (exact) mass is 329 g/mol. The normalized spacial score (nSPS) is 10.5. The summed E-state index contributed by atoms with van der Waals surface area (Å²) in [5.41, 5.74) is 1.62. The standard InChI is InChI=1S/C16H15N3O3S/c1-21-13-4-2-3-12(9-13)17-14(20)5-6-15-18-16(19-22-15)11-7-8-23-10-11/h2-4,7-10H,5-6H2,1H3,(H,17,20). The minimum atomic E-state index is -0.117. The molecule has 0 aliphatic carbocycles. The van der Waals surface area contributed by atoms with Crippen molar-refractivity contribution >= 4 is 22.9 Å². The Morgan fingerprint density at radius 2 is 2.30 bits per heavy atom. The quantitative estimate of drug-likeness (QED) is 0.750. The number of methoxy groups -OCH3 is 1. The van der Waals surface area contributed by atoms with Crippen LogP contribution in [0.5, 0.6) is 5.75 Å². The zero-order valence-corrected chi connectivity index (χ0v) is 13.3. The fourth-order valence-corrected chi connectivity index (χ4v) is 2.64. The van der Waals surface area contributed by atoms with E-state index < -0.39 is 0 Å². The van der Waals surface area contributed by atoms with E-state index in [2.05, 4.69) is 15.5 Å². The van der Waals surface area contributed by atoms with Gasteiger partial charge in [0.2, 0.25) is 17.6 Å². The summed E-state index contributed by atoms with van der Waals surface area (Å²) in [6, 6.07) is 9.13. The van der Waals surface area contributed by atoms with Crippen LogP contribution in [0, 0.1) is 0 Å². The lowest BCUT2D eigenvalue weighted by Crippen LogP contribution is -2.12. The Morgan fingerprint density at radius 3 is 3.09 bits per heavy atom. The Hall–Kier alpha value is -2.67. The fourth-order valence-electron chi connectivity index (χ4n) is 2.01. The van der Waals surface area contributed by atoms with Crippen molar-refractivity contribution in [2.75, 3.05) is 12.4 Å². The molecule has 3 aromatic rings. The maximum absolute atomic E-state index is 12.0. The molecule has 0 saturated carbocycles. The summed E-state index contributed by atoms with van der Waals surface area (Å²) in [5.74, 6) is 1.58. The lowest BCUT2D eigenvalue weighted by Gasteiger charge is -2.06. The molecule has 1 amide bonds. The number of hydrogen-bond donors (Lipinski definition) is 1. The third-order valence-corrected chi connectivity index (χ3v) is 3.85. The van der Waals surface area contributed by atoms with Crippen molar-refractivity contribution in [3.05, 3.63) is 47.0 Å². The summed E-state index contributed by atoms with van der Waals surface area (Å²) >= 11 is 1.57. The fraction of sp³-hybridized carbons (Fsp3) is 0.188. The molecule has 7 heteroatoms. The van der Waals surface area contributed by atoms with Crippen molar-refractivity contribution in [2.24, 2.45) is 0 Å². The SMILES string of the molecule is COc1cccc(NC(=O)CCc2nc(-c3ccsc3)no2)c1. The molecule has 0 spiro atoms. The highest BCUT2D eigenvalue weighted by Gasteiger charge is 2.11. The Bertz CT molecular complexity index is 783. The van der Waals surface area contributed by atoms with Gasteiger partial charge in [-0.05, 0) is 23.6 Å². The minimum Gasteiger partial charge on any atom is -0.497 e. The molecule has 0 aliphatic heterocycles. The van der Waals surface area contributed by atoms with Gasteiger partial charge in [0.1, 0.15) is 5.75 Å². The van der Waals surface area contributed by atoms with Gasteiger partial charge in [-0.25, -0.2) is 0 Å². The van der Waals surface area contributed by atoms with Crippen LogP contribution in [0.2, 0.25) is 0 Å². The molecule has 0 fully saturated rings. The zero-order valence-electron chi connectivity index (χ0n) is 12.5. The molecule has 2 aromatic heterocycles. The summed E-state index contributed by atoms with van der Waals surface area (Å²) in [4.78, 5) is 16.3. The predicted molar refractivity (Wildman–Crippen MR) is 87.6 cm³/mol. The van der Waals surface area contributed by atoms with E-state index in [1.54, 1.807) is 24.5 Å². The average molecular weight is 329 g/mol. The average Bonchev–Trinajstić information content (AvgIpc) is 3.24. The Kier molecular flexibility index (Phi) is 4.68. The van der Waals surface area contributed by atoms with Crippen LogP contribution in [-0.4, -0.2) is 23.2 Å². The first-order valence-corrected chi connectivity index (χ1v) is 7.98. The van der Waals surface area contributed by atoms with Gasteiger partial charge in [-0.1, -0.05) is 11.2 Å². The van der Waals surface area contributed by atoms with Crippen LogP contribution in [-0.2, 0) is 11.2 Å². The third kappa shape index (κ3) is 3.95. The minimum absolute atomic E-state index is 0.117. The highest BCUT2D eigenvalue weighted by Crippen LogP contribution is 2.19. The first-order chi connectivity index (χ1) is 11.2. The number of benzene rings is 1. The van der Waals surface area contributed by atoms with Gasteiger partial charge in [-0.15, -0.1) is 0 Å². The number of hydrogen-bond acceptors (Lipinski definition) is 6. The number of anilines is 1. The van der Waals surface area contributed by atoms with Crippen molar-refractivity contribution in [1.82, 2.24) is 10.1 Å². The molecule has 0 radical (unpaired) electrons. The number of carbonyl (C=O) groups is 1. The van der Waals surface area contributed by atoms with Gasteiger partial charge in [0.15, 0.2) is 0 Å². The van der Waals surface area contributed by atoms with Gasteiger partial charge < -0.3 is 14.6 Å². The molecule has 1 N–H and O–H groups in total. The number of aryl methyl sites for hydroxylation is 1. The number of rotatable bonds is 6. The summed E-state index contributed by atoms with van der Waals surface area (Å²) in [6.07, 6.45) is 0.662. The number of thiophene rings is 1. The maximum Gasteiger partial charge on any atom is 0.227 e. The van der Waals surface area contributed by atoms with E-state index >= 15 is 0 Å². The largest absolute Gasteiger partial charge is 0.497 e. The van der Waals surface area contributed by atoms with Gasteiger partial charge in [0, 0.05) is 35.5 Å².